The summed E-state index contributed by atoms with van der Waals surface area (Å²) >= 11 is 0. The number of hydrogen-bond donors (Lipinski definition) is 1. The van der Waals surface area contributed by atoms with E-state index in [9.17, 15) is 4.79 Å². The molecular formula is C25H22N4O2. The number of carbonyl (C=O) groups excluding carboxylic acids is 1. The molecule has 0 bridgehead atoms. The standard InChI is InChI=1S/C25H22N4O2/c1-4-14-31-24-13-11-18-8-6-7-9-20(18)21(24)16-26-28-25(30)19-10-12-23-22(15-19)27-17(3)29(23)5-2/h1,6-13,15-16H,5,14H2,2-3H3,(H,28,30)/b26-16-. The van der Waals surface area contributed by atoms with E-state index in [1.54, 1.807) is 18.3 Å². The molecule has 0 aliphatic carbocycles. The molecule has 154 valence electrons. The number of amides is 1. The third-order valence-corrected chi connectivity index (χ3v) is 5.12. The van der Waals surface area contributed by atoms with Crippen LogP contribution in [0.5, 0.6) is 5.75 Å². The Morgan fingerprint density at radius 1 is 1.26 bits per heavy atom. The van der Waals surface area contributed by atoms with Crippen molar-refractivity contribution in [3.05, 3.63) is 71.5 Å². The predicted octanol–water partition coefficient (Wildman–Crippen LogP) is 4.29. The number of terminal acetylenes is 1. The van der Waals surface area contributed by atoms with Crippen molar-refractivity contribution >= 4 is 33.9 Å². The zero-order valence-electron chi connectivity index (χ0n) is 17.4. The lowest BCUT2D eigenvalue weighted by atomic mass is 10.0. The second kappa shape index (κ2) is 8.72. The van der Waals surface area contributed by atoms with Gasteiger partial charge in [-0.3, -0.25) is 4.79 Å². The second-order valence-corrected chi connectivity index (χ2v) is 7.00. The van der Waals surface area contributed by atoms with Crippen LogP contribution in [-0.4, -0.2) is 28.3 Å². The largest absolute Gasteiger partial charge is 0.480 e. The number of carbonyl (C=O) groups is 1. The van der Waals surface area contributed by atoms with Gasteiger partial charge in [0.2, 0.25) is 0 Å². The Hall–Kier alpha value is -4.11. The van der Waals surface area contributed by atoms with Gasteiger partial charge in [-0.25, -0.2) is 10.4 Å². The number of imidazole rings is 1. The van der Waals surface area contributed by atoms with Gasteiger partial charge in [0.05, 0.1) is 17.2 Å². The summed E-state index contributed by atoms with van der Waals surface area (Å²) in [6.45, 7) is 5.00. The molecule has 0 spiro atoms. The van der Waals surface area contributed by atoms with Crippen LogP contribution < -0.4 is 10.2 Å². The molecule has 1 amide bonds. The average Bonchev–Trinajstić information content (AvgIpc) is 3.12. The Balaban J connectivity index is 1.59. The Morgan fingerprint density at radius 3 is 2.90 bits per heavy atom. The van der Waals surface area contributed by atoms with E-state index in [1.165, 1.54) is 0 Å². The summed E-state index contributed by atoms with van der Waals surface area (Å²) in [6.07, 6.45) is 6.91. The van der Waals surface area contributed by atoms with E-state index in [1.807, 2.05) is 49.4 Å². The molecule has 0 atom stereocenters. The Labute approximate surface area is 180 Å². The number of ether oxygens (including phenoxy) is 1. The minimum Gasteiger partial charge on any atom is -0.480 e. The van der Waals surface area contributed by atoms with Gasteiger partial charge in [-0.2, -0.15) is 5.10 Å². The van der Waals surface area contributed by atoms with Crippen molar-refractivity contribution in [1.29, 1.82) is 0 Å². The molecule has 4 aromatic rings. The highest BCUT2D eigenvalue weighted by Gasteiger charge is 2.11. The summed E-state index contributed by atoms with van der Waals surface area (Å²) < 4.78 is 7.76. The number of benzene rings is 3. The first-order chi connectivity index (χ1) is 15.1. The molecule has 0 aliphatic heterocycles. The molecule has 6 nitrogen and oxygen atoms in total. The van der Waals surface area contributed by atoms with Crippen molar-refractivity contribution in [2.45, 2.75) is 20.4 Å². The summed E-state index contributed by atoms with van der Waals surface area (Å²) in [5.74, 6) is 3.68. The van der Waals surface area contributed by atoms with Crippen LogP contribution in [-0.2, 0) is 6.54 Å². The fourth-order valence-electron chi connectivity index (χ4n) is 3.66. The molecule has 0 saturated carbocycles. The van der Waals surface area contributed by atoms with E-state index in [4.69, 9.17) is 11.2 Å². The van der Waals surface area contributed by atoms with E-state index in [-0.39, 0.29) is 12.5 Å². The monoisotopic (exact) mass is 410 g/mol. The van der Waals surface area contributed by atoms with Gasteiger partial charge in [0.1, 0.15) is 18.2 Å². The van der Waals surface area contributed by atoms with Crippen molar-refractivity contribution in [2.24, 2.45) is 5.10 Å². The van der Waals surface area contributed by atoms with Crippen LogP contribution in [0.15, 0.2) is 59.7 Å². The third kappa shape index (κ3) is 3.99. The molecule has 0 fully saturated rings. The van der Waals surface area contributed by atoms with Crippen molar-refractivity contribution in [3.63, 3.8) is 0 Å². The maximum Gasteiger partial charge on any atom is 0.271 e. The van der Waals surface area contributed by atoms with Crippen molar-refractivity contribution < 1.29 is 9.53 Å². The number of rotatable bonds is 6. The molecule has 31 heavy (non-hydrogen) atoms. The fraction of sp³-hybridized carbons (Fsp3) is 0.160. The second-order valence-electron chi connectivity index (χ2n) is 7.00. The third-order valence-electron chi connectivity index (χ3n) is 5.12. The minimum absolute atomic E-state index is 0.148. The van der Waals surface area contributed by atoms with Gasteiger partial charge in [0, 0.05) is 17.7 Å². The number of nitrogens with zero attached hydrogens (tertiary/aromatic N) is 3. The molecule has 0 unspecified atom stereocenters. The number of hydrazone groups is 1. The highest BCUT2D eigenvalue weighted by molar-refractivity contribution is 6.03. The predicted molar refractivity (Wildman–Crippen MR) is 123 cm³/mol. The normalized spacial score (nSPS) is 11.1. The van der Waals surface area contributed by atoms with Gasteiger partial charge in [0.15, 0.2) is 0 Å². The molecule has 6 heteroatoms. The molecule has 1 heterocycles. The molecule has 0 radical (unpaired) electrons. The summed E-state index contributed by atoms with van der Waals surface area (Å²) in [5.41, 5.74) is 5.63. The van der Waals surface area contributed by atoms with Gasteiger partial charge in [0.25, 0.3) is 5.91 Å². The summed E-state index contributed by atoms with van der Waals surface area (Å²) in [5, 5.41) is 6.17. The van der Waals surface area contributed by atoms with E-state index in [0.717, 1.165) is 39.7 Å². The van der Waals surface area contributed by atoms with Crippen LogP contribution in [0.3, 0.4) is 0 Å². The quantitative estimate of drug-likeness (QED) is 0.293. The lowest BCUT2D eigenvalue weighted by Gasteiger charge is -2.10. The molecule has 0 saturated heterocycles. The molecule has 3 aromatic carbocycles. The van der Waals surface area contributed by atoms with Gasteiger partial charge in [-0.1, -0.05) is 36.3 Å². The van der Waals surface area contributed by atoms with Crippen LogP contribution in [0.25, 0.3) is 21.8 Å². The van der Waals surface area contributed by atoms with Crippen LogP contribution in [0, 0.1) is 19.3 Å². The van der Waals surface area contributed by atoms with Crippen LogP contribution in [0.2, 0.25) is 0 Å². The van der Waals surface area contributed by atoms with E-state index in [2.05, 4.69) is 32.9 Å². The SMILES string of the molecule is C#CCOc1ccc2ccccc2c1/C=N\NC(=O)c1ccc2c(c1)nc(C)n2CC. The zero-order chi connectivity index (χ0) is 21.8. The van der Waals surface area contributed by atoms with Gasteiger partial charge < -0.3 is 9.30 Å². The van der Waals surface area contributed by atoms with E-state index in [0.29, 0.717) is 11.3 Å². The Bertz CT molecular complexity index is 1350. The maximum atomic E-state index is 12.6. The van der Waals surface area contributed by atoms with Gasteiger partial charge in [-0.15, -0.1) is 6.42 Å². The topological polar surface area (TPSA) is 68.5 Å². The molecule has 1 N–H and O–H groups in total. The highest BCUT2D eigenvalue weighted by atomic mass is 16.5. The van der Waals surface area contributed by atoms with Gasteiger partial charge >= 0.3 is 0 Å². The number of hydrogen-bond acceptors (Lipinski definition) is 4. The first kappa shape index (κ1) is 20.2. The molecule has 4 rings (SSSR count). The first-order valence-corrected chi connectivity index (χ1v) is 10.0. The van der Waals surface area contributed by atoms with Crippen LogP contribution >= 0.6 is 0 Å². The maximum absolute atomic E-state index is 12.6. The number of nitrogens with one attached hydrogen (secondary N) is 1. The van der Waals surface area contributed by atoms with Crippen molar-refractivity contribution in [3.8, 4) is 18.1 Å². The summed E-state index contributed by atoms with van der Waals surface area (Å²) in [4.78, 5) is 17.2. The molecule has 1 aromatic heterocycles. The van der Waals surface area contributed by atoms with E-state index >= 15 is 0 Å². The van der Waals surface area contributed by atoms with Crippen molar-refractivity contribution in [2.75, 3.05) is 6.61 Å². The molecular weight excluding hydrogens is 388 g/mol. The van der Waals surface area contributed by atoms with E-state index < -0.39 is 0 Å². The average molecular weight is 410 g/mol. The fourth-order valence-corrected chi connectivity index (χ4v) is 3.66. The zero-order valence-corrected chi connectivity index (χ0v) is 17.4. The van der Waals surface area contributed by atoms with Crippen LogP contribution in [0.1, 0.15) is 28.7 Å². The summed E-state index contributed by atoms with van der Waals surface area (Å²) in [6, 6.07) is 17.2. The number of fused-ring (bicyclic) bond motifs is 2. The minimum atomic E-state index is -0.312. The van der Waals surface area contributed by atoms with Crippen LogP contribution in [0.4, 0.5) is 0 Å². The Morgan fingerprint density at radius 2 is 2.10 bits per heavy atom. The molecule has 0 aliphatic rings. The van der Waals surface area contributed by atoms with Gasteiger partial charge in [-0.05, 0) is 48.9 Å². The lowest BCUT2D eigenvalue weighted by Crippen LogP contribution is -2.17. The summed E-state index contributed by atoms with van der Waals surface area (Å²) in [7, 11) is 0. The van der Waals surface area contributed by atoms with Crippen molar-refractivity contribution in [1.82, 2.24) is 15.0 Å². The lowest BCUT2D eigenvalue weighted by molar-refractivity contribution is 0.0955. The first-order valence-electron chi connectivity index (χ1n) is 10.0. The smallest absolute Gasteiger partial charge is 0.271 e. The number of aromatic nitrogens is 2. The highest BCUT2D eigenvalue weighted by Crippen LogP contribution is 2.26. The number of aryl methyl sites for hydroxylation is 2. The Kier molecular flexibility index (Phi) is 5.67.